The van der Waals surface area contributed by atoms with Crippen molar-refractivity contribution in [2.24, 2.45) is 0 Å². The number of pyridine rings is 1. The standard InChI is InChI=1S/C18H20N2/c1-3-10-16(4-2)20-18(15-11-6-5-7-12-15)17-13-8-9-14-19-17/h2,5-9,11-14,16,18,20H,3,10H2,1H3. The van der Waals surface area contributed by atoms with Gasteiger partial charge in [-0.15, -0.1) is 6.42 Å². The van der Waals surface area contributed by atoms with Crippen molar-refractivity contribution in [3.05, 3.63) is 66.0 Å². The number of nitrogens with one attached hydrogen (secondary N) is 1. The molecule has 0 saturated carbocycles. The predicted octanol–water partition coefficient (Wildman–Crippen LogP) is 3.56. The van der Waals surface area contributed by atoms with Crippen LogP contribution in [-0.4, -0.2) is 11.0 Å². The van der Waals surface area contributed by atoms with E-state index in [1.165, 1.54) is 5.56 Å². The van der Waals surface area contributed by atoms with E-state index in [9.17, 15) is 0 Å². The van der Waals surface area contributed by atoms with Crippen LogP contribution in [0.5, 0.6) is 0 Å². The van der Waals surface area contributed by atoms with Crippen molar-refractivity contribution in [3.63, 3.8) is 0 Å². The Morgan fingerprint density at radius 3 is 2.50 bits per heavy atom. The van der Waals surface area contributed by atoms with Gasteiger partial charge in [-0.2, -0.15) is 0 Å². The molecular weight excluding hydrogens is 244 g/mol. The zero-order chi connectivity index (χ0) is 14.2. The van der Waals surface area contributed by atoms with Gasteiger partial charge in [-0.1, -0.05) is 55.7 Å². The number of terminal acetylenes is 1. The molecule has 0 bridgehead atoms. The van der Waals surface area contributed by atoms with Crippen LogP contribution in [0, 0.1) is 12.3 Å². The van der Waals surface area contributed by atoms with Crippen LogP contribution in [0.4, 0.5) is 0 Å². The molecule has 0 aliphatic carbocycles. The number of nitrogens with zero attached hydrogens (tertiary/aromatic N) is 1. The van der Waals surface area contributed by atoms with Crippen LogP contribution in [0.15, 0.2) is 54.7 Å². The van der Waals surface area contributed by atoms with Crippen molar-refractivity contribution in [2.75, 3.05) is 0 Å². The zero-order valence-electron chi connectivity index (χ0n) is 11.8. The summed E-state index contributed by atoms with van der Waals surface area (Å²) in [5.41, 5.74) is 2.18. The fourth-order valence-electron chi connectivity index (χ4n) is 2.25. The fraction of sp³-hybridized carbons (Fsp3) is 0.278. The van der Waals surface area contributed by atoms with E-state index >= 15 is 0 Å². The van der Waals surface area contributed by atoms with Crippen LogP contribution >= 0.6 is 0 Å². The Balaban J connectivity index is 2.28. The van der Waals surface area contributed by atoms with E-state index in [1.54, 1.807) is 0 Å². The smallest absolute Gasteiger partial charge is 0.0760 e. The maximum Gasteiger partial charge on any atom is 0.0760 e. The molecule has 0 spiro atoms. The molecule has 2 heteroatoms. The Morgan fingerprint density at radius 1 is 1.15 bits per heavy atom. The van der Waals surface area contributed by atoms with Crippen LogP contribution in [0.2, 0.25) is 0 Å². The van der Waals surface area contributed by atoms with Crippen molar-refractivity contribution in [3.8, 4) is 12.3 Å². The summed E-state index contributed by atoms with van der Waals surface area (Å²) in [6.07, 6.45) is 9.47. The van der Waals surface area contributed by atoms with Gasteiger partial charge < -0.3 is 0 Å². The third kappa shape index (κ3) is 3.69. The molecule has 1 N–H and O–H groups in total. The van der Waals surface area contributed by atoms with Crippen molar-refractivity contribution in [2.45, 2.75) is 31.8 Å². The molecule has 102 valence electrons. The lowest BCUT2D eigenvalue weighted by molar-refractivity contribution is 0.507. The van der Waals surface area contributed by atoms with E-state index in [2.05, 4.69) is 35.3 Å². The monoisotopic (exact) mass is 264 g/mol. The van der Waals surface area contributed by atoms with Crippen molar-refractivity contribution in [1.82, 2.24) is 10.3 Å². The summed E-state index contributed by atoms with van der Waals surface area (Å²) in [7, 11) is 0. The van der Waals surface area contributed by atoms with E-state index in [1.807, 2.05) is 42.6 Å². The van der Waals surface area contributed by atoms with Gasteiger partial charge in [0.15, 0.2) is 0 Å². The first kappa shape index (κ1) is 14.3. The van der Waals surface area contributed by atoms with Crippen LogP contribution in [0.25, 0.3) is 0 Å². The molecule has 2 atom stereocenters. The zero-order valence-corrected chi connectivity index (χ0v) is 11.8. The molecule has 0 aliphatic heterocycles. The Kier molecular flexibility index (Phi) is 5.34. The van der Waals surface area contributed by atoms with Gasteiger partial charge in [0.05, 0.1) is 17.8 Å². The number of hydrogen-bond acceptors (Lipinski definition) is 2. The lowest BCUT2D eigenvalue weighted by Gasteiger charge is -2.22. The Bertz CT molecular complexity index is 503. The molecule has 0 fully saturated rings. The van der Waals surface area contributed by atoms with Gasteiger partial charge in [0, 0.05) is 6.20 Å². The first-order valence-corrected chi connectivity index (χ1v) is 7.03. The summed E-state index contributed by atoms with van der Waals surface area (Å²) < 4.78 is 0. The maximum absolute atomic E-state index is 5.63. The summed E-state index contributed by atoms with van der Waals surface area (Å²) in [5.74, 6) is 2.83. The third-order valence-corrected chi connectivity index (χ3v) is 3.26. The second kappa shape index (κ2) is 7.47. The molecule has 2 aromatic rings. The number of benzene rings is 1. The summed E-state index contributed by atoms with van der Waals surface area (Å²) in [4.78, 5) is 4.47. The first-order valence-electron chi connectivity index (χ1n) is 7.03. The average Bonchev–Trinajstić information content (AvgIpc) is 2.53. The third-order valence-electron chi connectivity index (χ3n) is 3.26. The van der Waals surface area contributed by atoms with E-state index in [4.69, 9.17) is 6.42 Å². The van der Waals surface area contributed by atoms with Gasteiger partial charge in [0.25, 0.3) is 0 Å². The lowest BCUT2D eigenvalue weighted by Crippen LogP contribution is -2.32. The first-order chi connectivity index (χ1) is 9.85. The van der Waals surface area contributed by atoms with Gasteiger partial charge in [-0.3, -0.25) is 10.3 Å². The maximum atomic E-state index is 5.63. The Labute approximate surface area is 121 Å². The molecule has 2 unspecified atom stereocenters. The average molecular weight is 264 g/mol. The van der Waals surface area contributed by atoms with Crippen molar-refractivity contribution >= 4 is 0 Å². The molecule has 2 rings (SSSR count). The number of aromatic nitrogens is 1. The largest absolute Gasteiger partial charge is 0.292 e. The van der Waals surface area contributed by atoms with Crippen LogP contribution < -0.4 is 5.32 Å². The van der Waals surface area contributed by atoms with Crippen LogP contribution in [0.3, 0.4) is 0 Å². The molecule has 0 amide bonds. The summed E-state index contributed by atoms with van der Waals surface area (Å²) in [6.45, 7) is 2.14. The fourth-order valence-corrected chi connectivity index (χ4v) is 2.25. The summed E-state index contributed by atoms with van der Waals surface area (Å²) in [6, 6.07) is 16.4. The molecule has 0 saturated heterocycles. The topological polar surface area (TPSA) is 24.9 Å². The highest BCUT2D eigenvalue weighted by molar-refractivity contribution is 5.28. The van der Waals surface area contributed by atoms with Crippen molar-refractivity contribution in [1.29, 1.82) is 0 Å². The highest BCUT2D eigenvalue weighted by Gasteiger charge is 2.17. The molecule has 1 aromatic carbocycles. The molecular formula is C18H20N2. The number of hydrogen-bond donors (Lipinski definition) is 1. The minimum absolute atomic E-state index is 0.0324. The second-order valence-corrected chi connectivity index (χ2v) is 4.77. The molecule has 2 nitrogen and oxygen atoms in total. The van der Waals surface area contributed by atoms with Crippen LogP contribution in [-0.2, 0) is 0 Å². The lowest BCUT2D eigenvalue weighted by atomic mass is 10.0. The predicted molar refractivity (Wildman–Crippen MR) is 83.2 cm³/mol. The van der Waals surface area contributed by atoms with Gasteiger partial charge in [0.1, 0.15) is 0 Å². The highest BCUT2D eigenvalue weighted by Crippen LogP contribution is 2.21. The van der Waals surface area contributed by atoms with Crippen molar-refractivity contribution < 1.29 is 0 Å². The molecule has 0 aliphatic rings. The molecule has 1 aromatic heterocycles. The minimum Gasteiger partial charge on any atom is -0.292 e. The highest BCUT2D eigenvalue weighted by atomic mass is 15.0. The van der Waals surface area contributed by atoms with E-state index in [0.29, 0.717) is 0 Å². The minimum atomic E-state index is 0.0324. The number of rotatable bonds is 6. The normalized spacial score (nSPS) is 13.4. The summed E-state index contributed by atoms with van der Waals surface area (Å²) >= 11 is 0. The van der Waals surface area contributed by atoms with Gasteiger partial charge >= 0.3 is 0 Å². The van der Waals surface area contributed by atoms with Gasteiger partial charge in [0.2, 0.25) is 0 Å². The van der Waals surface area contributed by atoms with E-state index in [-0.39, 0.29) is 12.1 Å². The quantitative estimate of drug-likeness (QED) is 0.807. The van der Waals surface area contributed by atoms with Gasteiger partial charge in [-0.05, 0) is 24.1 Å². The molecule has 20 heavy (non-hydrogen) atoms. The van der Waals surface area contributed by atoms with E-state index < -0.39 is 0 Å². The van der Waals surface area contributed by atoms with Crippen LogP contribution in [0.1, 0.15) is 37.1 Å². The Morgan fingerprint density at radius 2 is 1.90 bits per heavy atom. The SMILES string of the molecule is C#CC(CCC)NC(c1ccccc1)c1ccccn1. The molecule has 0 radical (unpaired) electrons. The summed E-state index contributed by atoms with van der Waals surface area (Å²) in [5, 5.41) is 3.54. The second-order valence-electron chi connectivity index (χ2n) is 4.77. The molecule has 1 heterocycles. The Hall–Kier alpha value is -2.11. The van der Waals surface area contributed by atoms with E-state index in [0.717, 1.165) is 18.5 Å². The van der Waals surface area contributed by atoms with Gasteiger partial charge in [-0.25, -0.2) is 0 Å².